The fraction of sp³-hybridized carbons (Fsp3) is 0.333. The Bertz CT molecular complexity index is 625. The molecule has 0 atom stereocenters. The summed E-state index contributed by atoms with van der Waals surface area (Å²) in [5.74, 6) is 0.405. The van der Waals surface area contributed by atoms with Crippen molar-refractivity contribution in [3.05, 3.63) is 39.0 Å². The number of allylic oxidation sites excluding steroid dienone is 1. The number of nitrogens with zero attached hydrogens (tertiary/aromatic N) is 4. The molecule has 0 saturated carbocycles. The van der Waals surface area contributed by atoms with Crippen molar-refractivity contribution in [1.82, 2.24) is 5.06 Å². The molecule has 0 spiro atoms. The zero-order chi connectivity index (χ0) is 14.9. The Morgan fingerprint density at radius 2 is 2.20 bits per heavy atom. The number of hydroxylamine groups is 2. The smallest absolute Gasteiger partial charge is 0.288 e. The number of thiophene rings is 1. The van der Waals surface area contributed by atoms with E-state index in [1.54, 1.807) is 5.38 Å². The van der Waals surface area contributed by atoms with Crippen molar-refractivity contribution >= 4 is 28.4 Å². The summed E-state index contributed by atoms with van der Waals surface area (Å²) < 4.78 is 0. The van der Waals surface area contributed by atoms with E-state index >= 15 is 0 Å². The van der Waals surface area contributed by atoms with Crippen molar-refractivity contribution in [1.29, 1.82) is 0 Å². The molecule has 2 rings (SSSR count). The van der Waals surface area contributed by atoms with Gasteiger partial charge in [-0.15, -0.1) is 0 Å². The van der Waals surface area contributed by atoms with Gasteiger partial charge in [0.05, 0.1) is 22.9 Å². The maximum atomic E-state index is 10.6. The minimum Gasteiger partial charge on any atom is -0.288 e. The molecule has 0 aliphatic carbocycles. The second kappa shape index (κ2) is 5.14. The van der Waals surface area contributed by atoms with E-state index in [1.807, 2.05) is 20.8 Å². The van der Waals surface area contributed by atoms with E-state index < -0.39 is 10.5 Å². The first-order chi connectivity index (χ1) is 9.27. The number of amidine groups is 1. The van der Waals surface area contributed by atoms with E-state index in [0.717, 1.165) is 16.4 Å². The lowest BCUT2D eigenvalue weighted by Crippen LogP contribution is -2.34. The molecule has 8 heteroatoms. The molecule has 0 saturated heterocycles. The van der Waals surface area contributed by atoms with Gasteiger partial charge in [-0.1, -0.05) is 11.3 Å². The Labute approximate surface area is 119 Å². The van der Waals surface area contributed by atoms with Gasteiger partial charge >= 0.3 is 5.00 Å². The van der Waals surface area contributed by atoms with Gasteiger partial charge in [0.25, 0.3) is 0 Å². The minimum atomic E-state index is -0.445. The molecule has 1 aliphatic rings. The number of aliphatic imine (C=N–C) groups is 2. The van der Waals surface area contributed by atoms with Gasteiger partial charge in [0.15, 0.2) is 5.84 Å². The summed E-state index contributed by atoms with van der Waals surface area (Å²) in [5.41, 5.74) is 0.646. The summed E-state index contributed by atoms with van der Waals surface area (Å²) in [7, 11) is 0. The Balaban J connectivity index is 2.20. The van der Waals surface area contributed by atoms with Gasteiger partial charge in [-0.05, 0) is 20.8 Å². The lowest BCUT2D eigenvalue weighted by molar-refractivity contribution is -0.380. The van der Waals surface area contributed by atoms with Crippen LogP contribution in [0.3, 0.4) is 0 Å². The predicted octanol–water partition coefficient (Wildman–Crippen LogP) is 2.82. The van der Waals surface area contributed by atoms with Gasteiger partial charge in [-0.2, -0.15) is 0 Å². The largest absolute Gasteiger partial charge is 0.324 e. The molecule has 1 N–H and O–H groups in total. The zero-order valence-electron chi connectivity index (χ0n) is 11.3. The summed E-state index contributed by atoms with van der Waals surface area (Å²) in [6.45, 7) is 5.55. The fourth-order valence-electron chi connectivity index (χ4n) is 1.37. The van der Waals surface area contributed by atoms with Crippen LogP contribution in [0.1, 0.15) is 26.3 Å². The quantitative estimate of drug-likeness (QED) is 0.685. The van der Waals surface area contributed by atoms with E-state index in [1.165, 1.54) is 18.5 Å². The molecule has 0 amide bonds. The molecule has 0 radical (unpaired) electrons. The molecule has 0 unspecified atom stereocenters. The molecule has 1 aromatic heterocycles. The normalized spacial score (nSPS) is 16.6. The van der Waals surface area contributed by atoms with Gasteiger partial charge in [0, 0.05) is 17.0 Å². The summed E-state index contributed by atoms with van der Waals surface area (Å²) in [5, 5.41) is 23.2. The SMILES string of the molecule is CC(C)(C)N(O)C=C1C=NC(c2csc([N+](=O)[O-])c2)=N1. The Kier molecular flexibility index (Phi) is 3.69. The zero-order valence-corrected chi connectivity index (χ0v) is 12.1. The van der Waals surface area contributed by atoms with Crippen LogP contribution in [0.25, 0.3) is 0 Å². The summed E-state index contributed by atoms with van der Waals surface area (Å²) in [6.07, 6.45) is 2.98. The number of nitro groups is 1. The molecule has 2 heterocycles. The first kappa shape index (κ1) is 14.4. The molecule has 0 fully saturated rings. The highest BCUT2D eigenvalue weighted by atomic mass is 32.1. The number of hydrogen-bond donors (Lipinski definition) is 1. The fourth-order valence-corrected chi connectivity index (χ4v) is 2.07. The third kappa shape index (κ3) is 3.09. The highest BCUT2D eigenvalue weighted by Crippen LogP contribution is 2.25. The van der Waals surface area contributed by atoms with Crippen molar-refractivity contribution in [2.75, 3.05) is 0 Å². The van der Waals surface area contributed by atoms with Crippen molar-refractivity contribution in [2.45, 2.75) is 26.3 Å². The Hall–Kier alpha value is -2.06. The van der Waals surface area contributed by atoms with Crippen molar-refractivity contribution in [3.63, 3.8) is 0 Å². The maximum Gasteiger partial charge on any atom is 0.324 e. The van der Waals surface area contributed by atoms with E-state index in [2.05, 4.69) is 9.98 Å². The van der Waals surface area contributed by atoms with Crippen LogP contribution in [0.15, 0.2) is 33.3 Å². The van der Waals surface area contributed by atoms with E-state index in [-0.39, 0.29) is 5.00 Å². The highest BCUT2D eigenvalue weighted by molar-refractivity contribution is 7.13. The molecule has 106 valence electrons. The second-order valence-corrected chi connectivity index (χ2v) is 6.08. The lowest BCUT2D eigenvalue weighted by Gasteiger charge is -2.27. The second-order valence-electron chi connectivity index (χ2n) is 5.19. The van der Waals surface area contributed by atoms with Crippen LogP contribution >= 0.6 is 11.3 Å². The van der Waals surface area contributed by atoms with E-state index in [9.17, 15) is 15.3 Å². The predicted molar refractivity (Wildman–Crippen MR) is 77.5 cm³/mol. The van der Waals surface area contributed by atoms with Gasteiger partial charge < -0.3 is 0 Å². The molecule has 0 bridgehead atoms. The molecule has 20 heavy (non-hydrogen) atoms. The van der Waals surface area contributed by atoms with Crippen LogP contribution in [-0.4, -0.2) is 32.8 Å². The Morgan fingerprint density at radius 3 is 2.75 bits per heavy atom. The number of rotatable bonds is 3. The average molecular weight is 294 g/mol. The molecular weight excluding hydrogens is 280 g/mol. The average Bonchev–Trinajstić information content (AvgIpc) is 2.94. The summed E-state index contributed by atoms with van der Waals surface area (Å²) in [6, 6.07) is 1.43. The van der Waals surface area contributed by atoms with Crippen LogP contribution in [0, 0.1) is 10.1 Å². The van der Waals surface area contributed by atoms with Crippen LogP contribution in [0.2, 0.25) is 0 Å². The van der Waals surface area contributed by atoms with Crippen molar-refractivity contribution in [2.24, 2.45) is 9.98 Å². The highest BCUT2D eigenvalue weighted by Gasteiger charge is 2.19. The Morgan fingerprint density at radius 1 is 1.50 bits per heavy atom. The van der Waals surface area contributed by atoms with Crippen molar-refractivity contribution < 1.29 is 10.1 Å². The lowest BCUT2D eigenvalue weighted by atomic mass is 10.1. The molecule has 0 aromatic carbocycles. The van der Waals surface area contributed by atoms with Crippen LogP contribution < -0.4 is 0 Å². The monoisotopic (exact) mass is 294 g/mol. The third-order valence-corrected chi connectivity index (χ3v) is 3.40. The molecular formula is C12H14N4O3S. The first-order valence-electron chi connectivity index (χ1n) is 5.83. The minimum absolute atomic E-state index is 0.0498. The molecule has 1 aliphatic heterocycles. The van der Waals surface area contributed by atoms with Gasteiger partial charge in [-0.25, -0.2) is 9.98 Å². The third-order valence-electron chi connectivity index (χ3n) is 2.52. The standard InChI is InChI=1S/C12H14N4O3S/c1-12(2,3)15(17)6-9-5-13-11(14-9)8-4-10(16(18)19)20-7-8/h4-7,17H,1-3H3. The summed E-state index contributed by atoms with van der Waals surface area (Å²) in [4.78, 5) is 18.5. The molecule has 7 nitrogen and oxygen atoms in total. The van der Waals surface area contributed by atoms with Crippen molar-refractivity contribution in [3.8, 4) is 0 Å². The van der Waals surface area contributed by atoms with Crippen LogP contribution in [-0.2, 0) is 0 Å². The van der Waals surface area contributed by atoms with Gasteiger partial charge in [0.1, 0.15) is 5.70 Å². The summed E-state index contributed by atoms with van der Waals surface area (Å²) >= 11 is 1.03. The van der Waals surface area contributed by atoms with Crippen LogP contribution in [0.4, 0.5) is 5.00 Å². The van der Waals surface area contributed by atoms with Gasteiger partial charge in [0.2, 0.25) is 0 Å². The first-order valence-corrected chi connectivity index (χ1v) is 6.71. The molecule has 1 aromatic rings. The van der Waals surface area contributed by atoms with E-state index in [0.29, 0.717) is 17.1 Å². The van der Waals surface area contributed by atoms with E-state index in [4.69, 9.17) is 0 Å². The topological polar surface area (TPSA) is 91.3 Å². The van der Waals surface area contributed by atoms with Gasteiger partial charge in [-0.3, -0.25) is 20.4 Å². The maximum absolute atomic E-state index is 10.6. The van der Waals surface area contributed by atoms with Crippen LogP contribution in [0.5, 0.6) is 0 Å². The number of hydrogen-bond acceptors (Lipinski definition) is 7.